The normalized spacial score (nSPS) is 17.8. The van der Waals surface area contributed by atoms with Crippen molar-refractivity contribution >= 4 is 0 Å². The Morgan fingerprint density at radius 3 is 2.72 bits per heavy atom. The second-order valence-corrected chi connectivity index (χ2v) is 5.40. The van der Waals surface area contributed by atoms with Crippen LogP contribution in [0.4, 0.5) is 0 Å². The smallest absolute Gasteiger partial charge is 0.0694 e. The van der Waals surface area contributed by atoms with Crippen molar-refractivity contribution in [2.75, 3.05) is 6.61 Å². The fraction of sp³-hybridized carbons (Fsp3) is 0.600. The van der Waals surface area contributed by atoms with Crippen LogP contribution in [0, 0.1) is 0 Å². The van der Waals surface area contributed by atoms with E-state index >= 15 is 0 Å². The lowest BCUT2D eigenvalue weighted by molar-refractivity contribution is 0.0611. The van der Waals surface area contributed by atoms with Gasteiger partial charge >= 0.3 is 0 Å². The van der Waals surface area contributed by atoms with Gasteiger partial charge < -0.3 is 4.74 Å². The van der Waals surface area contributed by atoms with E-state index in [1.807, 2.05) is 13.8 Å². The Kier molecular flexibility index (Phi) is 4.75. The van der Waals surface area contributed by atoms with Gasteiger partial charge in [-0.25, -0.2) is 0 Å². The minimum Gasteiger partial charge on any atom is -0.377 e. The Hall–Kier alpha value is -0.900. The molecule has 0 heterocycles. The van der Waals surface area contributed by atoms with Crippen molar-refractivity contribution in [3.8, 4) is 0 Å². The van der Waals surface area contributed by atoms with E-state index in [1.54, 1.807) is 0 Å². The summed E-state index contributed by atoms with van der Waals surface area (Å²) in [4.78, 5) is 0. The van der Waals surface area contributed by atoms with Crippen LogP contribution in [0.5, 0.6) is 0 Å². The van der Waals surface area contributed by atoms with E-state index in [2.05, 4.69) is 29.7 Å². The van der Waals surface area contributed by atoms with E-state index in [1.165, 1.54) is 30.4 Å². The van der Waals surface area contributed by atoms with E-state index < -0.39 is 0 Å². The number of nitrogens with two attached hydrogens (primary N) is 1. The van der Waals surface area contributed by atoms with Gasteiger partial charge in [0, 0.05) is 0 Å². The molecule has 0 saturated heterocycles. The number of hydrogen-bond acceptors (Lipinski definition) is 3. The molecule has 1 fully saturated rings. The Balaban J connectivity index is 2.04. The van der Waals surface area contributed by atoms with Crippen molar-refractivity contribution in [1.82, 2.24) is 5.43 Å². The maximum Gasteiger partial charge on any atom is 0.0694 e. The molecule has 1 aromatic rings. The van der Waals surface area contributed by atoms with Gasteiger partial charge in [-0.15, -0.1) is 0 Å². The number of hydrogen-bond donors (Lipinski definition) is 2. The van der Waals surface area contributed by atoms with Crippen LogP contribution in [-0.2, 0) is 4.74 Å². The second-order valence-electron chi connectivity index (χ2n) is 5.40. The summed E-state index contributed by atoms with van der Waals surface area (Å²) >= 11 is 0. The van der Waals surface area contributed by atoms with E-state index in [0.717, 1.165) is 5.92 Å². The SMILES string of the molecule is CC(C)OCC(NN)c1cccc(C2CCC2)c1. The Bertz CT molecular complexity index is 375. The number of nitrogens with one attached hydrogen (secondary N) is 1. The minimum atomic E-state index is 0.0763. The summed E-state index contributed by atoms with van der Waals surface area (Å²) in [5.41, 5.74) is 5.52. The lowest BCUT2D eigenvalue weighted by Crippen LogP contribution is -2.32. The molecule has 18 heavy (non-hydrogen) atoms. The molecule has 0 spiro atoms. The van der Waals surface area contributed by atoms with Crippen molar-refractivity contribution in [2.24, 2.45) is 5.84 Å². The lowest BCUT2D eigenvalue weighted by Gasteiger charge is -2.27. The highest BCUT2D eigenvalue weighted by Gasteiger charge is 2.20. The molecule has 0 aliphatic heterocycles. The first kappa shape index (κ1) is 13.5. The van der Waals surface area contributed by atoms with Crippen LogP contribution in [0.1, 0.15) is 56.2 Å². The maximum absolute atomic E-state index is 5.65. The molecule has 1 atom stereocenters. The van der Waals surface area contributed by atoms with Gasteiger partial charge in [-0.05, 0) is 43.7 Å². The molecule has 1 aliphatic carbocycles. The third-order valence-corrected chi connectivity index (χ3v) is 3.69. The first-order valence-electron chi connectivity index (χ1n) is 6.88. The maximum atomic E-state index is 5.65. The highest BCUT2D eigenvalue weighted by atomic mass is 16.5. The minimum absolute atomic E-state index is 0.0763. The van der Waals surface area contributed by atoms with Crippen molar-refractivity contribution in [2.45, 2.75) is 51.2 Å². The third-order valence-electron chi connectivity index (χ3n) is 3.69. The second kappa shape index (κ2) is 6.32. The Morgan fingerprint density at radius 2 is 2.17 bits per heavy atom. The molecule has 1 aromatic carbocycles. The summed E-state index contributed by atoms with van der Waals surface area (Å²) in [7, 11) is 0. The largest absolute Gasteiger partial charge is 0.377 e. The molecule has 1 aliphatic rings. The third kappa shape index (κ3) is 3.31. The Morgan fingerprint density at radius 1 is 1.39 bits per heavy atom. The van der Waals surface area contributed by atoms with Crippen LogP contribution in [0.25, 0.3) is 0 Å². The van der Waals surface area contributed by atoms with E-state index in [0.29, 0.717) is 6.61 Å². The molecule has 0 radical (unpaired) electrons. The van der Waals surface area contributed by atoms with Gasteiger partial charge in [-0.1, -0.05) is 30.7 Å². The summed E-state index contributed by atoms with van der Waals surface area (Å²) in [6.07, 6.45) is 4.25. The van der Waals surface area contributed by atoms with Gasteiger partial charge in [0.2, 0.25) is 0 Å². The van der Waals surface area contributed by atoms with Crippen molar-refractivity contribution < 1.29 is 4.74 Å². The number of rotatable bonds is 6. The van der Waals surface area contributed by atoms with Gasteiger partial charge in [0.25, 0.3) is 0 Å². The predicted molar refractivity (Wildman–Crippen MR) is 74.2 cm³/mol. The summed E-state index contributed by atoms with van der Waals surface area (Å²) in [6.45, 7) is 4.69. The summed E-state index contributed by atoms with van der Waals surface area (Å²) in [5, 5.41) is 0. The van der Waals surface area contributed by atoms with Crippen LogP contribution in [0.15, 0.2) is 24.3 Å². The summed E-state index contributed by atoms with van der Waals surface area (Å²) < 4.78 is 5.65. The van der Waals surface area contributed by atoms with E-state index in [4.69, 9.17) is 10.6 Å². The number of hydrazine groups is 1. The zero-order valence-corrected chi connectivity index (χ0v) is 11.4. The van der Waals surface area contributed by atoms with Crippen LogP contribution in [-0.4, -0.2) is 12.7 Å². The topological polar surface area (TPSA) is 47.3 Å². The fourth-order valence-electron chi connectivity index (χ4n) is 2.30. The molecule has 3 heteroatoms. The zero-order valence-electron chi connectivity index (χ0n) is 11.4. The first-order chi connectivity index (χ1) is 8.70. The predicted octanol–water partition coefficient (Wildman–Crippen LogP) is 2.88. The standard InChI is InChI=1S/C15H24N2O/c1-11(2)18-10-15(17-16)14-8-4-7-13(9-14)12-5-3-6-12/h4,7-9,11-12,15,17H,3,5-6,10,16H2,1-2H3. The van der Waals surface area contributed by atoms with E-state index in [-0.39, 0.29) is 12.1 Å². The van der Waals surface area contributed by atoms with Gasteiger partial charge in [0.1, 0.15) is 0 Å². The molecular formula is C15H24N2O. The fourth-order valence-corrected chi connectivity index (χ4v) is 2.30. The molecule has 1 unspecified atom stereocenters. The first-order valence-corrected chi connectivity index (χ1v) is 6.88. The van der Waals surface area contributed by atoms with Crippen molar-refractivity contribution in [1.29, 1.82) is 0 Å². The van der Waals surface area contributed by atoms with Crippen molar-refractivity contribution in [3.05, 3.63) is 35.4 Å². The average Bonchev–Trinajstić information content (AvgIpc) is 2.28. The van der Waals surface area contributed by atoms with Crippen LogP contribution in [0.3, 0.4) is 0 Å². The number of benzene rings is 1. The molecule has 0 amide bonds. The van der Waals surface area contributed by atoms with Crippen LogP contribution >= 0.6 is 0 Å². The van der Waals surface area contributed by atoms with Gasteiger partial charge in [-0.2, -0.15) is 0 Å². The summed E-state index contributed by atoms with van der Waals surface area (Å²) in [6, 6.07) is 8.83. The van der Waals surface area contributed by atoms with Crippen molar-refractivity contribution in [3.63, 3.8) is 0 Å². The number of ether oxygens (including phenoxy) is 1. The molecule has 1 saturated carbocycles. The molecule has 2 rings (SSSR count). The Labute approximate surface area is 110 Å². The molecule has 0 bridgehead atoms. The highest BCUT2D eigenvalue weighted by molar-refractivity contribution is 5.29. The van der Waals surface area contributed by atoms with Gasteiger partial charge in [0.15, 0.2) is 0 Å². The zero-order chi connectivity index (χ0) is 13.0. The molecule has 100 valence electrons. The molecule has 0 aromatic heterocycles. The van der Waals surface area contributed by atoms with Crippen LogP contribution in [0.2, 0.25) is 0 Å². The van der Waals surface area contributed by atoms with Gasteiger partial charge in [-0.3, -0.25) is 11.3 Å². The van der Waals surface area contributed by atoms with E-state index in [9.17, 15) is 0 Å². The highest BCUT2D eigenvalue weighted by Crippen LogP contribution is 2.36. The van der Waals surface area contributed by atoms with Gasteiger partial charge in [0.05, 0.1) is 18.8 Å². The molecule has 3 N–H and O–H groups in total. The molecular weight excluding hydrogens is 224 g/mol. The van der Waals surface area contributed by atoms with Crippen LogP contribution < -0.4 is 11.3 Å². The summed E-state index contributed by atoms with van der Waals surface area (Å²) in [5.74, 6) is 6.39. The monoisotopic (exact) mass is 248 g/mol. The quantitative estimate of drug-likeness (QED) is 0.601. The molecule has 3 nitrogen and oxygen atoms in total. The lowest BCUT2D eigenvalue weighted by atomic mass is 9.79. The average molecular weight is 248 g/mol.